The highest BCUT2D eigenvalue weighted by atomic mass is 16.6. The smallest absolute Gasteiger partial charge is 0.343 e. The summed E-state index contributed by atoms with van der Waals surface area (Å²) in [5.74, 6) is -0.577. The van der Waals surface area contributed by atoms with Crippen molar-refractivity contribution >= 4 is 17.8 Å². The van der Waals surface area contributed by atoms with Gasteiger partial charge in [0.05, 0.1) is 7.11 Å². The molecule has 0 N–H and O–H groups in total. The summed E-state index contributed by atoms with van der Waals surface area (Å²) in [7, 11) is 2.81. The summed E-state index contributed by atoms with van der Waals surface area (Å²) < 4.78 is 16.4. The Morgan fingerprint density at radius 2 is 2.00 bits per heavy atom. The van der Waals surface area contributed by atoms with E-state index in [0.717, 1.165) is 0 Å². The minimum atomic E-state index is -0.556. The molecule has 150 valence electrons. The van der Waals surface area contributed by atoms with Crippen LogP contribution < -0.4 is 15.0 Å². The molecule has 1 aromatic heterocycles. The van der Waals surface area contributed by atoms with Crippen molar-refractivity contribution in [3.8, 4) is 17.6 Å². The van der Waals surface area contributed by atoms with Crippen molar-refractivity contribution in [2.45, 2.75) is 6.92 Å². The number of carbonyl (C=O) groups excluding carboxylic acids is 2. The fourth-order valence-corrected chi connectivity index (χ4v) is 2.41. The lowest BCUT2D eigenvalue weighted by Crippen LogP contribution is -2.26. The predicted octanol–water partition coefficient (Wildman–Crippen LogP) is 2.04. The van der Waals surface area contributed by atoms with Gasteiger partial charge < -0.3 is 18.8 Å². The molecule has 8 heteroatoms. The Morgan fingerprint density at radius 3 is 2.69 bits per heavy atom. The summed E-state index contributed by atoms with van der Waals surface area (Å²) in [6, 6.07) is 10.1. The van der Waals surface area contributed by atoms with Crippen LogP contribution in [0.2, 0.25) is 0 Å². The number of methoxy groups -OCH3 is 1. The van der Waals surface area contributed by atoms with Gasteiger partial charge in [0.1, 0.15) is 23.1 Å². The minimum absolute atomic E-state index is 0.0666. The highest BCUT2D eigenvalue weighted by Gasteiger charge is 2.18. The van der Waals surface area contributed by atoms with Gasteiger partial charge in [0, 0.05) is 18.8 Å². The molecule has 0 saturated carbocycles. The highest BCUT2D eigenvalue weighted by molar-refractivity contribution is 6.08. The van der Waals surface area contributed by atoms with Gasteiger partial charge in [0.25, 0.3) is 5.56 Å². The highest BCUT2D eigenvalue weighted by Crippen LogP contribution is 2.19. The summed E-state index contributed by atoms with van der Waals surface area (Å²) in [4.78, 5) is 36.4. The average Bonchev–Trinajstić information content (AvgIpc) is 2.72. The number of nitrogens with zero attached hydrogens (tertiary/aromatic N) is 2. The molecule has 0 radical (unpaired) electrons. The maximum Gasteiger partial charge on any atom is 0.343 e. The Bertz CT molecular complexity index is 1050. The van der Waals surface area contributed by atoms with Crippen molar-refractivity contribution in [3.63, 3.8) is 0 Å². The molecule has 1 heterocycles. The van der Waals surface area contributed by atoms with Gasteiger partial charge in [-0.2, -0.15) is 5.26 Å². The molecule has 0 saturated heterocycles. The van der Waals surface area contributed by atoms with E-state index in [1.54, 1.807) is 44.3 Å². The number of aromatic nitrogens is 1. The maximum absolute atomic E-state index is 12.7. The van der Waals surface area contributed by atoms with E-state index in [9.17, 15) is 14.4 Å². The summed E-state index contributed by atoms with van der Waals surface area (Å²) in [6.45, 7) is 1.18. The van der Waals surface area contributed by atoms with Gasteiger partial charge in [-0.05, 0) is 30.7 Å². The second kappa shape index (κ2) is 9.90. The van der Waals surface area contributed by atoms with Crippen molar-refractivity contribution in [2.24, 2.45) is 7.05 Å². The van der Waals surface area contributed by atoms with Crippen LogP contribution >= 0.6 is 0 Å². The Labute approximate surface area is 167 Å². The van der Waals surface area contributed by atoms with Crippen LogP contribution in [0.4, 0.5) is 0 Å². The first-order chi connectivity index (χ1) is 13.9. The van der Waals surface area contributed by atoms with E-state index in [-0.39, 0.29) is 24.5 Å². The number of nitriles is 1. The van der Waals surface area contributed by atoms with E-state index in [0.29, 0.717) is 17.0 Å². The number of ether oxygens (including phenoxy) is 3. The Balaban J connectivity index is 2.27. The van der Waals surface area contributed by atoms with Crippen LogP contribution in [0, 0.1) is 18.3 Å². The van der Waals surface area contributed by atoms with Crippen LogP contribution in [0.1, 0.15) is 21.6 Å². The molecule has 29 heavy (non-hydrogen) atoms. The number of allylic oxidation sites excluding steroid dienone is 1. The van der Waals surface area contributed by atoms with Crippen molar-refractivity contribution in [3.05, 3.63) is 63.6 Å². The predicted molar refractivity (Wildman–Crippen MR) is 105 cm³/mol. The van der Waals surface area contributed by atoms with Gasteiger partial charge in [-0.1, -0.05) is 18.2 Å². The molecule has 1 aromatic carbocycles. The second-order valence-corrected chi connectivity index (χ2v) is 5.97. The molecule has 8 nitrogen and oxygen atoms in total. The Hall–Kier alpha value is -3.86. The summed E-state index contributed by atoms with van der Waals surface area (Å²) in [5.41, 5.74) is 0.563. The van der Waals surface area contributed by atoms with E-state index >= 15 is 0 Å². The first-order valence-corrected chi connectivity index (χ1v) is 8.59. The van der Waals surface area contributed by atoms with Crippen LogP contribution in [-0.4, -0.2) is 36.6 Å². The molecular weight excluding hydrogens is 376 g/mol. The molecule has 0 amide bonds. The van der Waals surface area contributed by atoms with Gasteiger partial charge in [-0.3, -0.25) is 9.59 Å². The molecule has 0 aliphatic rings. The van der Waals surface area contributed by atoms with Crippen molar-refractivity contribution < 1.29 is 23.8 Å². The number of benzene rings is 1. The van der Waals surface area contributed by atoms with E-state index in [2.05, 4.69) is 4.74 Å². The Kier molecular flexibility index (Phi) is 7.32. The zero-order chi connectivity index (χ0) is 21.4. The molecular formula is C21H20N2O6. The van der Waals surface area contributed by atoms with Gasteiger partial charge in [0.2, 0.25) is 0 Å². The zero-order valence-corrected chi connectivity index (χ0v) is 16.3. The van der Waals surface area contributed by atoms with Gasteiger partial charge in [-0.25, -0.2) is 4.79 Å². The molecule has 0 aliphatic carbocycles. The SMILES string of the molecule is COC(=O)COc1cccc(C=CC(=O)c2c(OCC#N)cc(C)n(C)c2=O)c1. The van der Waals surface area contributed by atoms with Gasteiger partial charge in [-0.15, -0.1) is 0 Å². The third-order valence-electron chi connectivity index (χ3n) is 4.04. The molecule has 2 rings (SSSR count). The number of carbonyl (C=O) groups is 2. The molecule has 2 aromatic rings. The number of hydrogen-bond donors (Lipinski definition) is 0. The number of rotatable bonds is 8. The summed E-state index contributed by atoms with van der Waals surface area (Å²) in [6.07, 6.45) is 2.76. The number of hydrogen-bond acceptors (Lipinski definition) is 7. The normalized spacial score (nSPS) is 10.4. The fourth-order valence-electron chi connectivity index (χ4n) is 2.41. The fraction of sp³-hybridized carbons (Fsp3) is 0.238. The lowest BCUT2D eigenvalue weighted by Gasteiger charge is -2.11. The lowest BCUT2D eigenvalue weighted by atomic mass is 10.1. The quantitative estimate of drug-likeness (QED) is 0.382. The lowest BCUT2D eigenvalue weighted by molar-refractivity contribution is -0.142. The number of ketones is 1. The first kappa shape index (κ1) is 21.4. The van der Waals surface area contributed by atoms with Crippen LogP contribution in [0.3, 0.4) is 0 Å². The summed E-state index contributed by atoms with van der Waals surface area (Å²) >= 11 is 0. The average molecular weight is 396 g/mol. The zero-order valence-electron chi connectivity index (χ0n) is 16.3. The standard InChI is InChI=1S/C21H20N2O6/c1-14-11-18(28-10-9-22)20(21(26)23(14)2)17(24)8-7-15-5-4-6-16(12-15)29-13-19(25)27-3/h4-8,11-12H,10,13H2,1-3H3. The maximum atomic E-state index is 12.7. The molecule has 0 aliphatic heterocycles. The topological polar surface area (TPSA) is 108 Å². The minimum Gasteiger partial charge on any atom is -0.482 e. The Morgan fingerprint density at radius 1 is 1.24 bits per heavy atom. The van der Waals surface area contributed by atoms with Crippen LogP contribution in [-0.2, 0) is 16.6 Å². The molecule has 0 spiro atoms. The van der Waals surface area contributed by atoms with E-state index in [1.165, 1.54) is 23.8 Å². The molecule has 0 atom stereocenters. The summed E-state index contributed by atoms with van der Waals surface area (Å²) in [5, 5.41) is 8.72. The molecule has 0 bridgehead atoms. The number of pyridine rings is 1. The third-order valence-corrected chi connectivity index (χ3v) is 4.04. The molecule has 0 unspecified atom stereocenters. The third kappa shape index (κ3) is 5.56. The number of aryl methyl sites for hydroxylation is 1. The van der Waals surface area contributed by atoms with Crippen LogP contribution in [0.25, 0.3) is 6.08 Å². The van der Waals surface area contributed by atoms with Crippen molar-refractivity contribution in [1.29, 1.82) is 5.26 Å². The first-order valence-electron chi connectivity index (χ1n) is 8.59. The largest absolute Gasteiger partial charge is 0.482 e. The number of esters is 1. The monoisotopic (exact) mass is 396 g/mol. The van der Waals surface area contributed by atoms with Crippen LogP contribution in [0.5, 0.6) is 11.5 Å². The van der Waals surface area contributed by atoms with E-state index in [4.69, 9.17) is 14.7 Å². The van der Waals surface area contributed by atoms with Crippen LogP contribution in [0.15, 0.2) is 41.2 Å². The second-order valence-electron chi connectivity index (χ2n) is 5.97. The van der Waals surface area contributed by atoms with E-state index in [1.807, 2.05) is 6.07 Å². The van der Waals surface area contributed by atoms with E-state index < -0.39 is 17.3 Å². The van der Waals surface area contributed by atoms with Gasteiger partial charge in [0.15, 0.2) is 19.0 Å². The van der Waals surface area contributed by atoms with Gasteiger partial charge >= 0.3 is 5.97 Å². The molecule has 0 fully saturated rings. The van der Waals surface area contributed by atoms with Crippen molar-refractivity contribution in [1.82, 2.24) is 4.57 Å². The van der Waals surface area contributed by atoms with Crippen molar-refractivity contribution in [2.75, 3.05) is 20.3 Å².